The van der Waals surface area contributed by atoms with Crippen molar-refractivity contribution in [2.75, 3.05) is 12.4 Å². The van der Waals surface area contributed by atoms with Crippen LogP contribution in [0.5, 0.6) is 11.5 Å². The van der Waals surface area contributed by atoms with Crippen LogP contribution in [0.1, 0.15) is 19.0 Å². The van der Waals surface area contributed by atoms with Crippen molar-refractivity contribution in [2.45, 2.75) is 31.0 Å². The molecule has 3 rings (SSSR count). The molecular formula is C16H18N2O3S. The summed E-state index contributed by atoms with van der Waals surface area (Å²) in [5, 5.41) is 0.637. The van der Waals surface area contributed by atoms with Gasteiger partial charge >= 0.3 is 0 Å². The van der Waals surface area contributed by atoms with E-state index in [4.69, 9.17) is 9.47 Å². The van der Waals surface area contributed by atoms with E-state index in [0.717, 1.165) is 30.0 Å². The van der Waals surface area contributed by atoms with Gasteiger partial charge in [-0.15, -0.1) is 0 Å². The van der Waals surface area contributed by atoms with Gasteiger partial charge < -0.3 is 14.5 Å². The number of hydrogen-bond acceptors (Lipinski definition) is 5. The quantitative estimate of drug-likeness (QED) is 0.678. The van der Waals surface area contributed by atoms with E-state index in [0.29, 0.717) is 17.5 Å². The number of benzene rings is 1. The lowest BCUT2D eigenvalue weighted by Crippen LogP contribution is -2.31. The van der Waals surface area contributed by atoms with Crippen LogP contribution in [0.25, 0.3) is 0 Å². The molecule has 1 aliphatic rings. The highest BCUT2D eigenvalue weighted by molar-refractivity contribution is 7.99. The molecule has 0 radical (unpaired) electrons. The van der Waals surface area contributed by atoms with E-state index in [1.54, 1.807) is 6.07 Å². The van der Waals surface area contributed by atoms with Crippen LogP contribution in [0.3, 0.4) is 0 Å². The third-order valence-corrected chi connectivity index (χ3v) is 4.26. The van der Waals surface area contributed by atoms with Crippen molar-refractivity contribution in [3.8, 4) is 11.5 Å². The molecule has 1 unspecified atom stereocenters. The topological polar surface area (TPSA) is 64.2 Å². The second-order valence-electron chi connectivity index (χ2n) is 5.10. The lowest BCUT2D eigenvalue weighted by molar-refractivity contribution is 0.107. The summed E-state index contributed by atoms with van der Waals surface area (Å²) in [6.45, 7) is 2.57. The van der Waals surface area contributed by atoms with Gasteiger partial charge in [0.25, 0.3) is 5.56 Å². The highest BCUT2D eigenvalue weighted by Crippen LogP contribution is 2.32. The summed E-state index contributed by atoms with van der Waals surface area (Å²) in [5.74, 6) is 2.22. The van der Waals surface area contributed by atoms with E-state index >= 15 is 0 Å². The summed E-state index contributed by atoms with van der Waals surface area (Å²) < 4.78 is 11.6. The number of ether oxygens (including phenoxy) is 2. The first-order valence-electron chi connectivity index (χ1n) is 7.36. The fourth-order valence-corrected chi connectivity index (χ4v) is 3.12. The molecule has 0 bridgehead atoms. The van der Waals surface area contributed by atoms with Gasteiger partial charge in [0.2, 0.25) is 0 Å². The Morgan fingerprint density at radius 3 is 3.00 bits per heavy atom. The van der Waals surface area contributed by atoms with E-state index in [-0.39, 0.29) is 11.7 Å². The summed E-state index contributed by atoms with van der Waals surface area (Å²) in [5.41, 5.74) is 0.729. The number of aromatic amines is 1. The summed E-state index contributed by atoms with van der Waals surface area (Å²) in [7, 11) is 0. The molecule has 0 saturated heterocycles. The van der Waals surface area contributed by atoms with Gasteiger partial charge in [-0.3, -0.25) is 4.79 Å². The molecule has 0 spiro atoms. The van der Waals surface area contributed by atoms with Gasteiger partial charge in [0, 0.05) is 17.5 Å². The second kappa shape index (κ2) is 6.87. The summed E-state index contributed by atoms with van der Waals surface area (Å²) in [6, 6.07) is 9.19. The Morgan fingerprint density at radius 2 is 2.18 bits per heavy atom. The van der Waals surface area contributed by atoms with Crippen molar-refractivity contribution in [1.29, 1.82) is 0 Å². The molecule has 116 valence electrons. The fourth-order valence-electron chi connectivity index (χ4n) is 2.25. The van der Waals surface area contributed by atoms with Crippen molar-refractivity contribution in [3.63, 3.8) is 0 Å². The van der Waals surface area contributed by atoms with Crippen molar-refractivity contribution >= 4 is 11.8 Å². The first-order chi connectivity index (χ1) is 10.7. The van der Waals surface area contributed by atoms with E-state index in [2.05, 4.69) is 16.9 Å². The minimum absolute atomic E-state index is 0.0555. The van der Waals surface area contributed by atoms with E-state index < -0.39 is 0 Å². The molecule has 0 aliphatic carbocycles. The van der Waals surface area contributed by atoms with Crippen molar-refractivity contribution in [2.24, 2.45) is 0 Å². The van der Waals surface area contributed by atoms with E-state index in [9.17, 15) is 4.79 Å². The zero-order valence-corrected chi connectivity index (χ0v) is 13.2. The SMILES string of the molecule is CCCc1cc(=O)[nH]c(SCC2COc3ccccc3O2)n1. The predicted octanol–water partition coefficient (Wildman–Crippen LogP) is 2.65. The monoisotopic (exact) mass is 318 g/mol. The number of aromatic nitrogens is 2. The maximum atomic E-state index is 11.6. The summed E-state index contributed by atoms with van der Waals surface area (Å²) in [6.07, 6.45) is 1.73. The maximum absolute atomic E-state index is 11.6. The molecule has 2 aromatic rings. The number of para-hydroxylation sites is 2. The smallest absolute Gasteiger partial charge is 0.251 e. The molecule has 1 aromatic heterocycles. The van der Waals surface area contributed by atoms with Crippen LogP contribution in [-0.4, -0.2) is 28.4 Å². The normalized spacial score (nSPS) is 16.5. The molecule has 0 fully saturated rings. The van der Waals surface area contributed by atoms with Gasteiger partial charge in [0.15, 0.2) is 16.7 Å². The Morgan fingerprint density at radius 1 is 1.36 bits per heavy atom. The standard InChI is InChI=1S/C16H18N2O3S/c1-2-5-11-8-15(19)18-16(17-11)22-10-12-9-20-13-6-3-4-7-14(13)21-12/h3-4,6-8,12H,2,5,9-10H2,1H3,(H,17,18,19). The highest BCUT2D eigenvalue weighted by Gasteiger charge is 2.21. The molecular weight excluding hydrogens is 300 g/mol. The average Bonchev–Trinajstić information content (AvgIpc) is 2.52. The minimum atomic E-state index is -0.105. The van der Waals surface area contributed by atoms with Crippen molar-refractivity contribution in [1.82, 2.24) is 9.97 Å². The van der Waals surface area contributed by atoms with Crippen molar-refractivity contribution < 1.29 is 9.47 Å². The van der Waals surface area contributed by atoms with Crippen molar-refractivity contribution in [3.05, 3.63) is 46.4 Å². The Bertz CT molecular complexity index is 702. The number of nitrogens with one attached hydrogen (secondary N) is 1. The van der Waals surface area contributed by atoms with Gasteiger partial charge in [-0.2, -0.15) is 0 Å². The Kier molecular flexibility index (Phi) is 4.68. The first-order valence-corrected chi connectivity index (χ1v) is 8.34. The molecule has 5 nitrogen and oxygen atoms in total. The van der Waals surface area contributed by atoms with Crippen LogP contribution >= 0.6 is 11.8 Å². The lowest BCUT2D eigenvalue weighted by atomic mass is 10.2. The van der Waals surface area contributed by atoms with Gasteiger partial charge in [-0.1, -0.05) is 37.2 Å². The predicted molar refractivity (Wildman–Crippen MR) is 85.9 cm³/mol. The van der Waals surface area contributed by atoms with Crippen LogP contribution in [0.15, 0.2) is 40.3 Å². The van der Waals surface area contributed by atoms with Crippen LogP contribution in [0.2, 0.25) is 0 Å². The lowest BCUT2D eigenvalue weighted by Gasteiger charge is -2.25. The Hall–Kier alpha value is -1.95. The van der Waals surface area contributed by atoms with Gasteiger partial charge in [-0.05, 0) is 18.6 Å². The molecule has 0 amide bonds. The van der Waals surface area contributed by atoms with Crippen LogP contribution in [0.4, 0.5) is 0 Å². The number of H-pyrrole nitrogens is 1. The van der Waals surface area contributed by atoms with Gasteiger partial charge in [0.05, 0.1) is 0 Å². The number of nitrogens with zero attached hydrogens (tertiary/aromatic N) is 1. The van der Waals surface area contributed by atoms with Crippen LogP contribution in [-0.2, 0) is 6.42 Å². The van der Waals surface area contributed by atoms with E-state index in [1.807, 2.05) is 24.3 Å². The largest absolute Gasteiger partial charge is 0.486 e. The molecule has 1 atom stereocenters. The molecule has 22 heavy (non-hydrogen) atoms. The molecule has 6 heteroatoms. The highest BCUT2D eigenvalue weighted by atomic mass is 32.2. The zero-order valence-electron chi connectivity index (χ0n) is 12.4. The Labute approximate surface area is 133 Å². The fraction of sp³-hybridized carbons (Fsp3) is 0.375. The van der Waals surface area contributed by atoms with Crippen LogP contribution in [0, 0.1) is 0 Å². The minimum Gasteiger partial charge on any atom is -0.486 e. The summed E-state index contributed by atoms with van der Waals surface area (Å²) in [4.78, 5) is 18.9. The van der Waals surface area contributed by atoms with E-state index in [1.165, 1.54) is 11.8 Å². The molecule has 1 N–H and O–H groups in total. The summed E-state index contributed by atoms with van der Waals surface area (Å²) >= 11 is 1.48. The number of rotatable bonds is 5. The maximum Gasteiger partial charge on any atom is 0.251 e. The molecule has 0 saturated carbocycles. The third-order valence-electron chi connectivity index (χ3n) is 3.25. The Balaban J connectivity index is 1.63. The number of aryl methyl sites for hydroxylation is 1. The average molecular weight is 318 g/mol. The second-order valence-corrected chi connectivity index (χ2v) is 6.11. The van der Waals surface area contributed by atoms with Gasteiger partial charge in [-0.25, -0.2) is 4.98 Å². The number of hydrogen-bond donors (Lipinski definition) is 1. The zero-order chi connectivity index (χ0) is 15.4. The molecule has 1 aromatic carbocycles. The molecule has 2 heterocycles. The van der Waals surface area contributed by atoms with Crippen LogP contribution < -0.4 is 15.0 Å². The van der Waals surface area contributed by atoms with Gasteiger partial charge in [0.1, 0.15) is 12.7 Å². The molecule has 1 aliphatic heterocycles. The third kappa shape index (κ3) is 3.62. The number of fused-ring (bicyclic) bond motifs is 1. The first kappa shape index (κ1) is 15.0. The number of thioether (sulfide) groups is 1.